The van der Waals surface area contributed by atoms with Crippen LogP contribution in [0.15, 0.2) is 35.4 Å². The van der Waals surface area contributed by atoms with Gasteiger partial charge in [-0.1, -0.05) is 12.1 Å². The molecular formula is C10H8FN3O2. The monoisotopic (exact) mass is 221 g/mol. The SMILES string of the molecule is O=c1[nH]cnc(O)c1Nc1ccccc1F. The van der Waals surface area contributed by atoms with Gasteiger partial charge < -0.3 is 15.4 Å². The zero-order valence-electron chi connectivity index (χ0n) is 8.07. The lowest BCUT2D eigenvalue weighted by molar-refractivity contribution is 0.453. The van der Waals surface area contributed by atoms with Gasteiger partial charge in [0.2, 0.25) is 5.88 Å². The molecule has 2 aromatic rings. The molecule has 1 heterocycles. The lowest BCUT2D eigenvalue weighted by Gasteiger charge is -2.06. The molecule has 3 N–H and O–H groups in total. The Morgan fingerprint density at radius 1 is 1.38 bits per heavy atom. The second-order valence-electron chi connectivity index (χ2n) is 3.04. The van der Waals surface area contributed by atoms with Crippen LogP contribution in [0.25, 0.3) is 0 Å². The smallest absolute Gasteiger partial charge is 0.278 e. The summed E-state index contributed by atoms with van der Waals surface area (Å²) in [5.74, 6) is -1.00. The van der Waals surface area contributed by atoms with E-state index in [4.69, 9.17) is 0 Å². The fourth-order valence-electron chi connectivity index (χ4n) is 1.20. The van der Waals surface area contributed by atoms with Crippen LogP contribution in [-0.4, -0.2) is 15.1 Å². The molecule has 0 saturated carbocycles. The van der Waals surface area contributed by atoms with Crippen LogP contribution in [-0.2, 0) is 0 Å². The van der Waals surface area contributed by atoms with Crippen LogP contribution >= 0.6 is 0 Å². The highest BCUT2D eigenvalue weighted by atomic mass is 19.1. The molecule has 1 aromatic carbocycles. The Balaban J connectivity index is 2.42. The molecule has 0 aliphatic heterocycles. The van der Waals surface area contributed by atoms with Gasteiger partial charge in [0.15, 0.2) is 5.69 Å². The number of halogens is 1. The number of hydrogen-bond acceptors (Lipinski definition) is 4. The van der Waals surface area contributed by atoms with Gasteiger partial charge in [-0.15, -0.1) is 0 Å². The van der Waals surface area contributed by atoms with Gasteiger partial charge in [0.1, 0.15) is 5.82 Å². The third-order valence-corrected chi connectivity index (χ3v) is 1.97. The molecule has 0 atom stereocenters. The molecule has 0 aliphatic rings. The molecule has 0 spiro atoms. The van der Waals surface area contributed by atoms with Crippen molar-refractivity contribution in [3.8, 4) is 5.88 Å². The van der Waals surface area contributed by atoms with Crippen molar-refractivity contribution in [2.24, 2.45) is 0 Å². The molecule has 1 aromatic heterocycles. The number of aromatic amines is 1. The summed E-state index contributed by atoms with van der Waals surface area (Å²) in [6.45, 7) is 0. The Bertz CT molecular complexity index is 568. The summed E-state index contributed by atoms with van der Waals surface area (Å²) >= 11 is 0. The predicted molar refractivity (Wildman–Crippen MR) is 56.2 cm³/mol. The summed E-state index contributed by atoms with van der Waals surface area (Å²) in [6.07, 6.45) is 1.06. The van der Waals surface area contributed by atoms with Crippen molar-refractivity contribution < 1.29 is 9.50 Å². The summed E-state index contributed by atoms with van der Waals surface area (Å²) in [7, 11) is 0. The molecule has 0 saturated heterocycles. The van der Waals surface area contributed by atoms with E-state index in [1.54, 1.807) is 6.07 Å². The molecule has 82 valence electrons. The van der Waals surface area contributed by atoms with E-state index in [1.165, 1.54) is 18.2 Å². The molecule has 0 unspecified atom stereocenters. The Morgan fingerprint density at radius 3 is 2.81 bits per heavy atom. The van der Waals surface area contributed by atoms with Crippen molar-refractivity contribution >= 4 is 11.4 Å². The number of nitrogens with one attached hydrogen (secondary N) is 2. The quantitative estimate of drug-likeness (QED) is 0.715. The Morgan fingerprint density at radius 2 is 2.12 bits per heavy atom. The van der Waals surface area contributed by atoms with Crippen molar-refractivity contribution in [2.45, 2.75) is 0 Å². The van der Waals surface area contributed by atoms with Crippen molar-refractivity contribution in [3.05, 3.63) is 46.8 Å². The number of rotatable bonds is 2. The molecule has 0 aliphatic carbocycles. The first-order valence-electron chi connectivity index (χ1n) is 4.46. The van der Waals surface area contributed by atoms with Gasteiger partial charge >= 0.3 is 0 Å². The van der Waals surface area contributed by atoms with Crippen LogP contribution in [0.5, 0.6) is 5.88 Å². The van der Waals surface area contributed by atoms with Crippen molar-refractivity contribution in [2.75, 3.05) is 5.32 Å². The van der Waals surface area contributed by atoms with Gasteiger partial charge in [0.05, 0.1) is 12.0 Å². The van der Waals surface area contributed by atoms with Crippen molar-refractivity contribution in [1.29, 1.82) is 0 Å². The van der Waals surface area contributed by atoms with E-state index in [0.29, 0.717) is 0 Å². The number of hydrogen-bond donors (Lipinski definition) is 3. The van der Waals surface area contributed by atoms with E-state index < -0.39 is 17.3 Å². The maximum absolute atomic E-state index is 13.3. The third-order valence-electron chi connectivity index (χ3n) is 1.97. The molecule has 16 heavy (non-hydrogen) atoms. The number of anilines is 2. The maximum atomic E-state index is 13.3. The highest BCUT2D eigenvalue weighted by molar-refractivity contribution is 5.62. The first kappa shape index (κ1) is 10.2. The molecule has 0 fully saturated rings. The van der Waals surface area contributed by atoms with Gasteiger partial charge in [0, 0.05) is 0 Å². The Hall–Kier alpha value is -2.37. The first-order chi connectivity index (χ1) is 7.68. The lowest BCUT2D eigenvalue weighted by Crippen LogP contribution is -2.12. The van der Waals surface area contributed by atoms with Crippen LogP contribution < -0.4 is 10.9 Å². The molecule has 5 nitrogen and oxygen atoms in total. The standard InChI is InChI=1S/C10H8FN3O2/c11-6-3-1-2-4-7(6)14-8-9(15)12-5-13-10(8)16/h1-5,14H,(H2,12,13,15,16). The largest absolute Gasteiger partial charge is 0.492 e. The number of H-pyrrole nitrogens is 1. The second kappa shape index (κ2) is 4.01. The molecule has 6 heteroatoms. The highest BCUT2D eigenvalue weighted by Gasteiger charge is 2.09. The van der Waals surface area contributed by atoms with Crippen molar-refractivity contribution in [1.82, 2.24) is 9.97 Å². The number of aromatic nitrogens is 2. The molecule has 2 rings (SSSR count). The van der Waals surface area contributed by atoms with Crippen LogP contribution in [0.4, 0.5) is 15.8 Å². The minimum atomic E-state index is -0.573. The van der Waals surface area contributed by atoms with E-state index in [0.717, 1.165) is 6.33 Å². The molecule has 0 radical (unpaired) electrons. The van der Waals surface area contributed by atoms with Gasteiger partial charge in [-0.05, 0) is 12.1 Å². The Labute approximate surface area is 89.6 Å². The second-order valence-corrected chi connectivity index (χ2v) is 3.04. The average Bonchev–Trinajstić information content (AvgIpc) is 2.26. The summed E-state index contributed by atoms with van der Waals surface area (Å²) < 4.78 is 13.3. The summed E-state index contributed by atoms with van der Waals surface area (Å²) in [5.41, 5.74) is -0.667. The lowest BCUT2D eigenvalue weighted by atomic mass is 10.3. The zero-order chi connectivity index (χ0) is 11.5. The third kappa shape index (κ3) is 1.85. The summed E-state index contributed by atoms with van der Waals surface area (Å²) in [6, 6.07) is 5.81. The van der Waals surface area contributed by atoms with Gasteiger partial charge in [0.25, 0.3) is 5.56 Å². The van der Waals surface area contributed by atoms with Crippen LogP contribution in [0.1, 0.15) is 0 Å². The van der Waals surface area contributed by atoms with E-state index in [9.17, 15) is 14.3 Å². The van der Waals surface area contributed by atoms with E-state index >= 15 is 0 Å². The van der Waals surface area contributed by atoms with Crippen LogP contribution in [0, 0.1) is 5.82 Å². The van der Waals surface area contributed by atoms with Gasteiger partial charge in [-0.3, -0.25) is 4.79 Å². The first-order valence-corrected chi connectivity index (χ1v) is 4.46. The topological polar surface area (TPSA) is 78.0 Å². The minimum Gasteiger partial charge on any atom is -0.492 e. The molecule has 0 amide bonds. The highest BCUT2D eigenvalue weighted by Crippen LogP contribution is 2.21. The number of benzene rings is 1. The fraction of sp³-hybridized carbons (Fsp3) is 0. The number of nitrogens with zero attached hydrogens (tertiary/aromatic N) is 1. The van der Waals surface area contributed by atoms with E-state index in [-0.39, 0.29) is 11.4 Å². The normalized spacial score (nSPS) is 10.1. The number of para-hydroxylation sites is 1. The van der Waals surface area contributed by atoms with Crippen LogP contribution in [0.3, 0.4) is 0 Å². The maximum Gasteiger partial charge on any atom is 0.278 e. The molecular weight excluding hydrogens is 213 g/mol. The summed E-state index contributed by atoms with van der Waals surface area (Å²) in [4.78, 5) is 17.1. The predicted octanol–water partition coefficient (Wildman–Crippen LogP) is 1.36. The fourth-order valence-corrected chi connectivity index (χ4v) is 1.20. The van der Waals surface area contributed by atoms with Crippen molar-refractivity contribution in [3.63, 3.8) is 0 Å². The summed E-state index contributed by atoms with van der Waals surface area (Å²) in [5, 5.41) is 11.8. The minimum absolute atomic E-state index is 0.0938. The molecule has 0 bridgehead atoms. The van der Waals surface area contributed by atoms with Crippen LogP contribution in [0.2, 0.25) is 0 Å². The zero-order valence-corrected chi connectivity index (χ0v) is 8.07. The van der Waals surface area contributed by atoms with E-state index in [1.807, 2.05) is 0 Å². The van der Waals surface area contributed by atoms with E-state index in [2.05, 4.69) is 15.3 Å². The van der Waals surface area contributed by atoms with Gasteiger partial charge in [-0.2, -0.15) is 0 Å². The average molecular weight is 221 g/mol. The van der Waals surface area contributed by atoms with Gasteiger partial charge in [-0.25, -0.2) is 9.37 Å². The Kier molecular flexibility index (Phi) is 2.55. The number of aromatic hydroxyl groups is 1.